The number of nitriles is 1. The highest BCUT2D eigenvalue weighted by atomic mass is 32.2. The van der Waals surface area contributed by atoms with Crippen molar-refractivity contribution in [3.8, 4) is 6.07 Å². The van der Waals surface area contributed by atoms with E-state index in [1.807, 2.05) is 6.92 Å². The molecule has 1 N–H and O–H groups in total. The first kappa shape index (κ1) is 15.1. The van der Waals surface area contributed by atoms with Crippen molar-refractivity contribution in [3.05, 3.63) is 29.8 Å². The zero-order valence-corrected chi connectivity index (χ0v) is 12.5. The molecule has 1 aromatic carbocycles. The molecule has 0 aliphatic rings. The van der Waals surface area contributed by atoms with Crippen molar-refractivity contribution in [2.45, 2.75) is 44.0 Å². The topological polar surface area (TPSA) is 35.8 Å². The maximum atomic E-state index is 8.96. The number of benzene rings is 1. The van der Waals surface area contributed by atoms with Crippen molar-refractivity contribution in [1.82, 2.24) is 5.32 Å². The van der Waals surface area contributed by atoms with Gasteiger partial charge in [-0.2, -0.15) is 5.26 Å². The molecule has 0 aliphatic carbocycles. The van der Waals surface area contributed by atoms with Gasteiger partial charge in [-0.05, 0) is 29.7 Å². The predicted octanol–water partition coefficient (Wildman–Crippen LogP) is 3.58. The van der Waals surface area contributed by atoms with Crippen LogP contribution in [-0.2, 0) is 5.41 Å². The lowest BCUT2D eigenvalue weighted by Gasteiger charge is -2.19. The summed E-state index contributed by atoms with van der Waals surface area (Å²) < 4.78 is 0. The first-order chi connectivity index (χ1) is 8.47. The quantitative estimate of drug-likeness (QED) is 0.824. The van der Waals surface area contributed by atoms with Crippen molar-refractivity contribution in [2.24, 2.45) is 0 Å². The molecule has 1 atom stereocenters. The summed E-state index contributed by atoms with van der Waals surface area (Å²) in [6.07, 6.45) is 0. The van der Waals surface area contributed by atoms with Gasteiger partial charge in [-0.1, -0.05) is 39.8 Å². The van der Waals surface area contributed by atoms with E-state index in [9.17, 15) is 0 Å². The minimum atomic E-state index is -0.0673. The molecule has 1 unspecified atom stereocenters. The van der Waals surface area contributed by atoms with Crippen LogP contribution in [0.4, 0.5) is 0 Å². The minimum Gasteiger partial charge on any atom is -0.302 e. The Labute approximate surface area is 115 Å². The maximum absolute atomic E-state index is 8.96. The van der Waals surface area contributed by atoms with Crippen LogP contribution in [0.5, 0.6) is 0 Å². The molecule has 0 saturated carbocycles. The Morgan fingerprint density at radius 1 is 1.28 bits per heavy atom. The second-order valence-electron chi connectivity index (χ2n) is 5.32. The van der Waals surface area contributed by atoms with E-state index >= 15 is 0 Å². The molecule has 3 heteroatoms. The van der Waals surface area contributed by atoms with Crippen LogP contribution in [0, 0.1) is 11.3 Å². The Hall–Kier alpha value is -0.980. The molecule has 0 heterocycles. The number of hydrogen-bond acceptors (Lipinski definition) is 3. The summed E-state index contributed by atoms with van der Waals surface area (Å²) in [4.78, 5) is 1.22. The minimum absolute atomic E-state index is 0.0673. The predicted molar refractivity (Wildman–Crippen MR) is 78.9 cm³/mol. The molecule has 0 bridgehead atoms. The van der Waals surface area contributed by atoms with Gasteiger partial charge in [-0.25, -0.2) is 0 Å². The van der Waals surface area contributed by atoms with Crippen LogP contribution in [0.3, 0.4) is 0 Å². The first-order valence-corrected chi connectivity index (χ1v) is 7.32. The fraction of sp³-hybridized carbons (Fsp3) is 0.533. The van der Waals surface area contributed by atoms with Gasteiger partial charge in [0, 0.05) is 10.6 Å². The lowest BCUT2D eigenvalue weighted by molar-refractivity contribution is 0.589. The van der Waals surface area contributed by atoms with Crippen molar-refractivity contribution >= 4 is 11.8 Å². The van der Waals surface area contributed by atoms with Gasteiger partial charge in [0.25, 0.3) is 0 Å². The molecule has 2 nitrogen and oxygen atoms in total. The molecular formula is C15H22N2S. The van der Waals surface area contributed by atoms with Crippen molar-refractivity contribution in [3.63, 3.8) is 0 Å². The molecule has 0 saturated heterocycles. The Bertz CT molecular complexity index is 398. The summed E-state index contributed by atoms with van der Waals surface area (Å²) >= 11 is 1.73. The highest BCUT2D eigenvalue weighted by molar-refractivity contribution is 7.99. The summed E-state index contributed by atoms with van der Waals surface area (Å²) in [6, 6.07) is 10.9. The normalized spacial score (nSPS) is 13.1. The van der Waals surface area contributed by atoms with Gasteiger partial charge in [0.1, 0.15) is 6.04 Å². The van der Waals surface area contributed by atoms with Crippen LogP contribution in [0.15, 0.2) is 29.2 Å². The van der Waals surface area contributed by atoms with E-state index < -0.39 is 0 Å². The Balaban J connectivity index is 2.57. The summed E-state index contributed by atoms with van der Waals surface area (Å²) in [5.74, 6) is 0.791. The average Bonchev–Trinajstić information content (AvgIpc) is 2.34. The number of nitrogens with zero attached hydrogens (tertiary/aromatic N) is 1. The smallest absolute Gasteiger partial charge is 0.105 e. The van der Waals surface area contributed by atoms with E-state index in [1.54, 1.807) is 11.8 Å². The summed E-state index contributed by atoms with van der Waals surface area (Å²) in [5.41, 5.74) is 1.54. The standard InChI is InChI=1S/C15H22N2S/c1-5-17-13(10-16)11-18-14-8-6-12(7-9-14)15(2,3)4/h6-9,13,17H,5,11H2,1-4H3. The van der Waals surface area contributed by atoms with Gasteiger partial charge in [0.15, 0.2) is 0 Å². The van der Waals surface area contributed by atoms with E-state index in [4.69, 9.17) is 5.26 Å². The summed E-state index contributed by atoms with van der Waals surface area (Å²) in [5, 5.41) is 12.1. The molecule has 0 fully saturated rings. The Morgan fingerprint density at radius 3 is 2.33 bits per heavy atom. The zero-order chi connectivity index (χ0) is 13.6. The van der Waals surface area contributed by atoms with E-state index in [2.05, 4.69) is 56.4 Å². The fourth-order valence-electron chi connectivity index (χ4n) is 1.62. The first-order valence-electron chi connectivity index (χ1n) is 6.33. The van der Waals surface area contributed by atoms with Gasteiger partial charge in [0.2, 0.25) is 0 Å². The molecule has 0 aromatic heterocycles. The van der Waals surface area contributed by atoms with E-state index in [1.165, 1.54) is 10.5 Å². The summed E-state index contributed by atoms with van der Waals surface area (Å²) in [6.45, 7) is 9.50. The lowest BCUT2D eigenvalue weighted by atomic mass is 9.87. The SMILES string of the molecule is CCNC(C#N)CSc1ccc(C(C)(C)C)cc1. The van der Waals surface area contributed by atoms with Crippen molar-refractivity contribution < 1.29 is 0 Å². The van der Waals surface area contributed by atoms with E-state index in [0.29, 0.717) is 0 Å². The third-order valence-corrected chi connectivity index (χ3v) is 3.85. The number of hydrogen-bond donors (Lipinski definition) is 1. The third kappa shape index (κ3) is 4.72. The van der Waals surface area contributed by atoms with Crippen LogP contribution in [0.1, 0.15) is 33.3 Å². The molecule has 98 valence electrons. The van der Waals surface area contributed by atoms with Crippen LogP contribution in [0.25, 0.3) is 0 Å². The summed E-state index contributed by atoms with van der Waals surface area (Å²) in [7, 11) is 0. The van der Waals surface area contributed by atoms with Crippen LogP contribution in [0.2, 0.25) is 0 Å². The van der Waals surface area contributed by atoms with Crippen LogP contribution >= 0.6 is 11.8 Å². The number of rotatable bonds is 5. The zero-order valence-electron chi connectivity index (χ0n) is 11.7. The van der Waals surface area contributed by atoms with Gasteiger partial charge >= 0.3 is 0 Å². The van der Waals surface area contributed by atoms with E-state index in [-0.39, 0.29) is 11.5 Å². The average molecular weight is 262 g/mol. The van der Waals surface area contributed by atoms with Crippen molar-refractivity contribution in [1.29, 1.82) is 5.26 Å². The second kappa shape index (κ2) is 6.82. The lowest BCUT2D eigenvalue weighted by Crippen LogP contribution is -2.29. The monoisotopic (exact) mass is 262 g/mol. The van der Waals surface area contributed by atoms with Gasteiger partial charge in [0.05, 0.1) is 6.07 Å². The Kier molecular flexibility index (Phi) is 5.71. The molecule has 0 amide bonds. The highest BCUT2D eigenvalue weighted by Crippen LogP contribution is 2.25. The molecule has 0 spiro atoms. The van der Waals surface area contributed by atoms with Gasteiger partial charge < -0.3 is 5.32 Å². The van der Waals surface area contributed by atoms with Crippen LogP contribution < -0.4 is 5.32 Å². The third-order valence-electron chi connectivity index (χ3n) is 2.74. The maximum Gasteiger partial charge on any atom is 0.105 e. The van der Waals surface area contributed by atoms with Gasteiger partial charge in [-0.15, -0.1) is 11.8 Å². The van der Waals surface area contributed by atoms with Crippen molar-refractivity contribution in [2.75, 3.05) is 12.3 Å². The molecule has 18 heavy (non-hydrogen) atoms. The van der Waals surface area contributed by atoms with E-state index in [0.717, 1.165) is 12.3 Å². The number of thioether (sulfide) groups is 1. The molecule has 0 aliphatic heterocycles. The highest BCUT2D eigenvalue weighted by Gasteiger charge is 2.13. The molecule has 1 aromatic rings. The molecular weight excluding hydrogens is 240 g/mol. The fourth-order valence-corrected chi connectivity index (χ4v) is 2.50. The molecule has 0 radical (unpaired) electrons. The largest absolute Gasteiger partial charge is 0.302 e. The second-order valence-corrected chi connectivity index (χ2v) is 6.42. The van der Waals surface area contributed by atoms with Gasteiger partial charge in [-0.3, -0.25) is 0 Å². The Morgan fingerprint density at radius 2 is 1.89 bits per heavy atom. The molecule has 1 rings (SSSR count). The number of nitrogens with one attached hydrogen (secondary N) is 1. The van der Waals surface area contributed by atoms with Crippen LogP contribution in [-0.4, -0.2) is 18.3 Å².